The van der Waals surface area contributed by atoms with Crippen LogP contribution in [0.1, 0.15) is 5.89 Å². The predicted molar refractivity (Wildman–Crippen MR) is 115 cm³/mol. The Kier molecular flexibility index (Phi) is 5.44. The number of anilines is 1. The minimum Gasteiger partial charge on any atom is -0.354 e. The highest BCUT2D eigenvalue weighted by atomic mass is 32.2. The third kappa shape index (κ3) is 4.19. The second-order valence-electron chi connectivity index (χ2n) is 7.58. The molecule has 3 aromatic heterocycles. The van der Waals surface area contributed by atoms with E-state index in [0.717, 1.165) is 5.39 Å². The second kappa shape index (κ2) is 8.33. The molecule has 9 nitrogen and oxygen atoms in total. The maximum absolute atomic E-state index is 13.1. The highest BCUT2D eigenvalue weighted by Crippen LogP contribution is 2.29. The molecule has 1 aromatic carbocycles. The van der Waals surface area contributed by atoms with Gasteiger partial charge in [-0.1, -0.05) is 17.3 Å². The van der Waals surface area contributed by atoms with E-state index in [9.17, 15) is 21.6 Å². The molecule has 1 aliphatic heterocycles. The van der Waals surface area contributed by atoms with Crippen molar-refractivity contribution in [3.8, 4) is 11.4 Å². The van der Waals surface area contributed by atoms with Crippen LogP contribution in [0.2, 0.25) is 0 Å². The Morgan fingerprint density at radius 2 is 1.76 bits per heavy atom. The van der Waals surface area contributed by atoms with Gasteiger partial charge >= 0.3 is 12.1 Å². The van der Waals surface area contributed by atoms with Gasteiger partial charge in [0.25, 0.3) is 0 Å². The van der Waals surface area contributed by atoms with Gasteiger partial charge in [0.15, 0.2) is 0 Å². The van der Waals surface area contributed by atoms with Gasteiger partial charge < -0.3 is 9.42 Å². The first-order chi connectivity index (χ1) is 16.2. The average Bonchev–Trinajstić information content (AvgIpc) is 3.35. The average molecular weight is 490 g/mol. The molecule has 176 valence electrons. The number of pyridine rings is 2. The van der Waals surface area contributed by atoms with Crippen LogP contribution in [0.3, 0.4) is 0 Å². The molecule has 0 N–H and O–H groups in total. The Morgan fingerprint density at radius 1 is 0.971 bits per heavy atom. The molecule has 13 heteroatoms. The van der Waals surface area contributed by atoms with Gasteiger partial charge in [-0.3, -0.25) is 4.98 Å². The molecule has 1 fully saturated rings. The number of sulfonamides is 1. The molecular weight excluding hydrogens is 473 g/mol. The molecule has 1 aliphatic rings. The van der Waals surface area contributed by atoms with E-state index in [4.69, 9.17) is 0 Å². The Balaban J connectivity index is 1.27. The van der Waals surface area contributed by atoms with Gasteiger partial charge in [-0.15, -0.1) is 0 Å². The van der Waals surface area contributed by atoms with Crippen molar-refractivity contribution in [2.24, 2.45) is 0 Å². The fourth-order valence-electron chi connectivity index (χ4n) is 3.67. The molecule has 0 amide bonds. The van der Waals surface area contributed by atoms with Crippen molar-refractivity contribution < 1.29 is 26.1 Å². The van der Waals surface area contributed by atoms with Crippen LogP contribution in [0.4, 0.5) is 19.0 Å². The van der Waals surface area contributed by atoms with Crippen LogP contribution in [-0.2, 0) is 16.2 Å². The topological polar surface area (TPSA) is 105 Å². The zero-order valence-electron chi connectivity index (χ0n) is 17.5. The largest absolute Gasteiger partial charge is 0.471 e. The molecule has 0 bridgehead atoms. The summed E-state index contributed by atoms with van der Waals surface area (Å²) in [6.45, 7) is 1.31. The van der Waals surface area contributed by atoms with Crippen LogP contribution in [0, 0.1) is 0 Å². The van der Waals surface area contributed by atoms with Crippen molar-refractivity contribution in [2.75, 3.05) is 31.1 Å². The van der Waals surface area contributed by atoms with Gasteiger partial charge in [-0.05, 0) is 30.3 Å². The smallest absolute Gasteiger partial charge is 0.354 e. The molecule has 1 saturated heterocycles. The van der Waals surface area contributed by atoms with Crippen molar-refractivity contribution in [1.82, 2.24) is 24.4 Å². The number of aromatic nitrogens is 4. The van der Waals surface area contributed by atoms with Crippen molar-refractivity contribution in [1.29, 1.82) is 0 Å². The van der Waals surface area contributed by atoms with Crippen molar-refractivity contribution in [3.63, 3.8) is 0 Å². The zero-order chi connectivity index (χ0) is 23.9. The number of hydrogen-bond acceptors (Lipinski definition) is 8. The third-order valence-electron chi connectivity index (χ3n) is 5.45. The fourth-order valence-corrected chi connectivity index (χ4v) is 5.12. The Labute approximate surface area is 191 Å². The minimum atomic E-state index is -4.72. The molecule has 5 rings (SSSR count). The summed E-state index contributed by atoms with van der Waals surface area (Å²) in [5, 5.41) is 4.20. The summed E-state index contributed by atoms with van der Waals surface area (Å²) in [5.41, 5.74) is 0.879. The van der Waals surface area contributed by atoms with Crippen molar-refractivity contribution in [3.05, 3.63) is 60.7 Å². The van der Waals surface area contributed by atoms with Crippen molar-refractivity contribution >= 4 is 26.7 Å². The number of nitrogens with zero attached hydrogens (tertiary/aromatic N) is 6. The molecule has 34 heavy (non-hydrogen) atoms. The molecule has 0 saturated carbocycles. The van der Waals surface area contributed by atoms with E-state index in [1.807, 2.05) is 11.0 Å². The molecule has 0 radical (unpaired) electrons. The standard InChI is InChI=1S/C21H17F3N6O3S/c22-21(23,24)20-27-19(28-33-20)15-4-6-18(26-13-15)29-8-10-30(11-9-29)34(31,32)16-5-3-14-2-1-7-25-17(14)12-16/h1-7,12-13H,8-11H2. The van der Waals surface area contributed by atoms with Gasteiger partial charge in [0.1, 0.15) is 5.82 Å². The molecular formula is C21H17F3N6O3S. The van der Waals surface area contributed by atoms with E-state index in [2.05, 4.69) is 24.6 Å². The van der Waals surface area contributed by atoms with Gasteiger partial charge in [0, 0.05) is 49.5 Å². The normalized spacial score (nSPS) is 15.7. The van der Waals surface area contributed by atoms with Gasteiger partial charge in [-0.25, -0.2) is 13.4 Å². The molecule has 0 unspecified atom stereocenters. The quantitative estimate of drug-likeness (QED) is 0.430. The SMILES string of the molecule is O=S(=O)(c1ccc2cccnc2c1)N1CCN(c2ccc(-c3noc(C(F)(F)F)n3)cn2)CC1. The first-order valence-electron chi connectivity index (χ1n) is 10.2. The summed E-state index contributed by atoms with van der Waals surface area (Å²) in [4.78, 5) is 13.9. The lowest BCUT2D eigenvalue weighted by Gasteiger charge is -2.34. The van der Waals surface area contributed by atoms with E-state index in [1.165, 1.54) is 10.5 Å². The van der Waals surface area contributed by atoms with Crippen LogP contribution in [0.25, 0.3) is 22.3 Å². The lowest BCUT2D eigenvalue weighted by molar-refractivity contribution is -0.159. The number of alkyl halides is 3. The number of hydrogen-bond donors (Lipinski definition) is 0. The molecule has 4 aromatic rings. The van der Waals surface area contributed by atoms with Crippen LogP contribution in [0.15, 0.2) is 64.3 Å². The first-order valence-corrected chi connectivity index (χ1v) is 11.6. The highest BCUT2D eigenvalue weighted by molar-refractivity contribution is 7.89. The summed E-state index contributed by atoms with van der Waals surface area (Å²) < 4.78 is 69.8. The lowest BCUT2D eigenvalue weighted by Crippen LogP contribution is -2.48. The Bertz CT molecular complexity index is 1430. The number of halogens is 3. The van der Waals surface area contributed by atoms with Crippen LogP contribution < -0.4 is 4.90 Å². The van der Waals surface area contributed by atoms with Gasteiger partial charge in [0.05, 0.1) is 10.4 Å². The predicted octanol–water partition coefficient (Wildman–Crippen LogP) is 3.21. The van der Waals surface area contributed by atoms with Crippen LogP contribution in [0.5, 0.6) is 0 Å². The number of piperazine rings is 1. The van der Waals surface area contributed by atoms with E-state index in [1.54, 1.807) is 42.6 Å². The summed E-state index contributed by atoms with van der Waals surface area (Å²) in [6.07, 6.45) is -1.75. The zero-order valence-corrected chi connectivity index (χ0v) is 18.3. The van der Waals surface area contributed by atoms with E-state index < -0.39 is 22.1 Å². The highest BCUT2D eigenvalue weighted by Gasteiger charge is 2.38. The maximum atomic E-state index is 13.1. The number of fused-ring (bicyclic) bond motifs is 1. The third-order valence-corrected chi connectivity index (χ3v) is 7.35. The summed E-state index contributed by atoms with van der Waals surface area (Å²) in [5.74, 6) is -1.08. The molecule has 0 atom stereocenters. The maximum Gasteiger partial charge on any atom is 0.471 e. The Hall–Kier alpha value is -3.58. The van der Waals surface area contributed by atoms with Crippen LogP contribution >= 0.6 is 0 Å². The molecule has 4 heterocycles. The Morgan fingerprint density at radius 3 is 2.44 bits per heavy atom. The minimum absolute atomic E-state index is 0.188. The summed E-state index contributed by atoms with van der Waals surface area (Å²) in [6, 6.07) is 11.7. The summed E-state index contributed by atoms with van der Waals surface area (Å²) in [7, 11) is -3.68. The fraction of sp³-hybridized carbons (Fsp3) is 0.238. The molecule has 0 spiro atoms. The van der Waals surface area contributed by atoms with Crippen molar-refractivity contribution in [2.45, 2.75) is 11.1 Å². The second-order valence-corrected chi connectivity index (χ2v) is 9.51. The van der Waals surface area contributed by atoms with E-state index in [-0.39, 0.29) is 29.4 Å². The molecule has 0 aliphatic carbocycles. The monoisotopic (exact) mass is 490 g/mol. The van der Waals surface area contributed by atoms with Crippen LogP contribution in [-0.4, -0.2) is 59.0 Å². The lowest BCUT2D eigenvalue weighted by atomic mass is 10.2. The summed E-state index contributed by atoms with van der Waals surface area (Å²) >= 11 is 0. The number of rotatable bonds is 4. The van der Waals surface area contributed by atoms with E-state index >= 15 is 0 Å². The van der Waals surface area contributed by atoms with Gasteiger partial charge in [-0.2, -0.15) is 22.5 Å². The van der Waals surface area contributed by atoms with E-state index in [0.29, 0.717) is 24.4 Å². The first kappa shape index (κ1) is 22.2. The van der Waals surface area contributed by atoms with Gasteiger partial charge in [0.2, 0.25) is 15.8 Å². The number of benzene rings is 1.